The topological polar surface area (TPSA) is 81.2 Å². The molecule has 1 saturated carbocycles. The van der Waals surface area contributed by atoms with Crippen LogP contribution in [0.3, 0.4) is 0 Å². The zero-order valence-electron chi connectivity index (χ0n) is 14.8. The molecule has 1 N–H and O–H groups in total. The molecule has 1 aliphatic carbocycles. The van der Waals surface area contributed by atoms with E-state index < -0.39 is 20.7 Å². The van der Waals surface area contributed by atoms with Crippen LogP contribution in [0.1, 0.15) is 44.6 Å². The van der Waals surface area contributed by atoms with Crippen LogP contribution in [-0.2, 0) is 10.0 Å². The van der Waals surface area contributed by atoms with Gasteiger partial charge in [-0.15, -0.1) is 10.2 Å². The van der Waals surface area contributed by atoms with Crippen LogP contribution in [0, 0.1) is 11.7 Å². The maximum atomic E-state index is 14.2. The maximum absolute atomic E-state index is 14.2. The Kier molecular flexibility index (Phi) is 5.41. The van der Waals surface area contributed by atoms with Crippen molar-refractivity contribution in [3.8, 4) is 5.88 Å². The summed E-state index contributed by atoms with van der Waals surface area (Å²) in [5.74, 6) is 0.419. The highest BCUT2D eigenvalue weighted by molar-refractivity contribution is 7.92. The molecular formula is C18H22FN3O3S. The first-order valence-corrected chi connectivity index (χ1v) is 10.1. The third-order valence-electron chi connectivity index (χ3n) is 4.12. The van der Waals surface area contributed by atoms with E-state index in [1.807, 2.05) is 0 Å². The normalized spacial score (nSPS) is 14.5. The second-order valence-corrected chi connectivity index (χ2v) is 8.51. The van der Waals surface area contributed by atoms with Crippen molar-refractivity contribution in [3.63, 3.8) is 0 Å². The van der Waals surface area contributed by atoms with E-state index in [0.717, 1.165) is 24.8 Å². The molecule has 0 spiro atoms. The van der Waals surface area contributed by atoms with Crippen LogP contribution < -0.4 is 9.46 Å². The molecule has 1 fully saturated rings. The van der Waals surface area contributed by atoms with Gasteiger partial charge in [0.1, 0.15) is 10.7 Å². The first kappa shape index (κ1) is 18.6. The highest BCUT2D eigenvalue weighted by atomic mass is 32.2. The fourth-order valence-corrected chi connectivity index (χ4v) is 3.51. The molecule has 6 nitrogen and oxygen atoms in total. The smallest absolute Gasteiger partial charge is 0.266 e. The Bertz CT molecular complexity index is 866. The number of halogens is 1. The van der Waals surface area contributed by atoms with Crippen molar-refractivity contribution in [2.24, 2.45) is 5.92 Å². The number of benzene rings is 1. The van der Waals surface area contributed by atoms with Crippen molar-refractivity contribution in [3.05, 3.63) is 41.7 Å². The Morgan fingerprint density at radius 3 is 2.58 bits per heavy atom. The quantitative estimate of drug-likeness (QED) is 0.756. The van der Waals surface area contributed by atoms with E-state index in [1.165, 1.54) is 24.3 Å². The molecule has 0 aliphatic heterocycles. The van der Waals surface area contributed by atoms with Crippen molar-refractivity contribution in [2.45, 2.75) is 43.9 Å². The Balaban J connectivity index is 1.67. The van der Waals surface area contributed by atoms with Crippen LogP contribution in [0.25, 0.3) is 0 Å². The molecule has 0 saturated heterocycles. The molecule has 1 aliphatic rings. The fourth-order valence-electron chi connectivity index (χ4n) is 2.45. The molecule has 8 heteroatoms. The van der Waals surface area contributed by atoms with Crippen LogP contribution in [0.2, 0.25) is 0 Å². The summed E-state index contributed by atoms with van der Waals surface area (Å²) in [4.78, 5) is -0.402. The number of nitrogens with zero attached hydrogens (tertiary/aromatic N) is 2. The summed E-state index contributed by atoms with van der Waals surface area (Å²) < 4.78 is 46.7. The van der Waals surface area contributed by atoms with Gasteiger partial charge in [-0.3, -0.25) is 4.72 Å². The van der Waals surface area contributed by atoms with Gasteiger partial charge in [0.25, 0.3) is 10.0 Å². The van der Waals surface area contributed by atoms with Gasteiger partial charge in [0, 0.05) is 6.07 Å². The first-order chi connectivity index (χ1) is 12.3. The SMILES string of the molecule is CC(C)CCOc1ccc(NS(=O)(=O)c2ccc(C3CC3)cc2F)nn1. The predicted octanol–water partition coefficient (Wildman–Crippen LogP) is 3.72. The number of sulfonamides is 1. The van der Waals surface area contributed by atoms with Crippen molar-refractivity contribution in [2.75, 3.05) is 11.3 Å². The largest absolute Gasteiger partial charge is 0.477 e. The van der Waals surface area contributed by atoms with Crippen LogP contribution >= 0.6 is 0 Å². The minimum absolute atomic E-state index is 0.00637. The standard InChI is InChI=1S/C18H22FN3O3S/c1-12(2)9-10-25-18-8-7-17(20-21-18)22-26(23,24)16-6-5-14(11-15(16)19)13-3-4-13/h5-8,11-13H,3-4,9-10H2,1-2H3,(H,20,22). The van der Waals surface area contributed by atoms with E-state index in [1.54, 1.807) is 6.07 Å². The summed E-state index contributed by atoms with van der Waals surface area (Å²) in [6, 6.07) is 7.21. The third-order valence-corrected chi connectivity index (χ3v) is 5.51. The lowest BCUT2D eigenvalue weighted by Crippen LogP contribution is -2.16. The van der Waals surface area contributed by atoms with Crippen LogP contribution in [0.5, 0.6) is 5.88 Å². The van der Waals surface area contributed by atoms with E-state index in [4.69, 9.17) is 4.74 Å². The number of nitrogens with one attached hydrogen (secondary N) is 1. The molecule has 0 bridgehead atoms. The maximum Gasteiger partial charge on any atom is 0.266 e. The van der Waals surface area contributed by atoms with Gasteiger partial charge in [-0.25, -0.2) is 12.8 Å². The van der Waals surface area contributed by atoms with Gasteiger partial charge in [0.2, 0.25) is 5.88 Å². The van der Waals surface area contributed by atoms with Crippen LogP contribution in [-0.4, -0.2) is 25.2 Å². The molecule has 26 heavy (non-hydrogen) atoms. The number of anilines is 1. The average Bonchev–Trinajstić information content (AvgIpc) is 3.40. The Morgan fingerprint density at radius 1 is 1.23 bits per heavy atom. The van der Waals surface area contributed by atoms with E-state index in [-0.39, 0.29) is 5.82 Å². The summed E-state index contributed by atoms with van der Waals surface area (Å²) in [7, 11) is -4.08. The number of rotatable bonds is 8. The molecule has 0 atom stereocenters. The van der Waals surface area contributed by atoms with Gasteiger partial charge in [-0.1, -0.05) is 19.9 Å². The van der Waals surface area contributed by atoms with Gasteiger partial charge in [0.05, 0.1) is 6.61 Å². The zero-order valence-corrected chi connectivity index (χ0v) is 15.6. The molecule has 140 valence electrons. The van der Waals surface area contributed by atoms with Gasteiger partial charge >= 0.3 is 0 Å². The summed E-state index contributed by atoms with van der Waals surface area (Å²) in [6.07, 6.45) is 2.92. The van der Waals surface area contributed by atoms with Gasteiger partial charge < -0.3 is 4.74 Å². The Hall–Kier alpha value is -2.22. The van der Waals surface area contributed by atoms with E-state index in [9.17, 15) is 12.8 Å². The number of hydrogen-bond donors (Lipinski definition) is 1. The van der Waals surface area contributed by atoms with E-state index in [0.29, 0.717) is 24.3 Å². The molecule has 2 aromatic rings. The predicted molar refractivity (Wildman–Crippen MR) is 96.2 cm³/mol. The number of ether oxygens (including phenoxy) is 1. The Morgan fingerprint density at radius 2 is 2.00 bits per heavy atom. The monoisotopic (exact) mass is 379 g/mol. The lowest BCUT2D eigenvalue weighted by molar-refractivity contribution is 0.276. The fraction of sp³-hybridized carbons (Fsp3) is 0.444. The third kappa shape index (κ3) is 4.69. The summed E-state index contributed by atoms with van der Waals surface area (Å²) >= 11 is 0. The molecule has 1 aromatic carbocycles. The lowest BCUT2D eigenvalue weighted by atomic mass is 10.1. The highest BCUT2D eigenvalue weighted by Crippen LogP contribution is 2.40. The average molecular weight is 379 g/mol. The molecule has 1 heterocycles. The van der Waals surface area contributed by atoms with E-state index >= 15 is 0 Å². The number of hydrogen-bond acceptors (Lipinski definition) is 5. The minimum Gasteiger partial charge on any atom is -0.477 e. The van der Waals surface area contributed by atoms with Crippen LogP contribution in [0.4, 0.5) is 10.2 Å². The van der Waals surface area contributed by atoms with Crippen molar-refractivity contribution >= 4 is 15.8 Å². The van der Waals surface area contributed by atoms with Gasteiger partial charge in [-0.05, 0) is 54.9 Å². The van der Waals surface area contributed by atoms with Crippen molar-refractivity contribution in [1.82, 2.24) is 10.2 Å². The zero-order chi connectivity index (χ0) is 18.7. The molecular weight excluding hydrogens is 357 g/mol. The lowest BCUT2D eigenvalue weighted by Gasteiger charge is -2.10. The molecule has 0 radical (unpaired) electrons. The Labute approximate surface area is 152 Å². The second-order valence-electron chi connectivity index (χ2n) is 6.86. The highest BCUT2D eigenvalue weighted by Gasteiger charge is 2.26. The molecule has 0 unspecified atom stereocenters. The molecule has 3 rings (SSSR count). The summed E-state index contributed by atoms with van der Waals surface area (Å²) in [6.45, 7) is 4.68. The summed E-state index contributed by atoms with van der Waals surface area (Å²) in [5, 5.41) is 7.61. The van der Waals surface area contributed by atoms with Crippen LogP contribution in [0.15, 0.2) is 35.2 Å². The van der Waals surface area contributed by atoms with Crippen molar-refractivity contribution in [1.29, 1.82) is 0 Å². The van der Waals surface area contributed by atoms with Gasteiger partial charge in [0.15, 0.2) is 5.82 Å². The second kappa shape index (κ2) is 7.57. The van der Waals surface area contributed by atoms with E-state index in [2.05, 4.69) is 28.8 Å². The van der Waals surface area contributed by atoms with Crippen molar-refractivity contribution < 1.29 is 17.5 Å². The summed E-state index contributed by atoms with van der Waals surface area (Å²) in [5.41, 5.74) is 0.837. The van der Waals surface area contributed by atoms with Gasteiger partial charge in [-0.2, -0.15) is 0 Å². The number of aromatic nitrogens is 2. The minimum atomic E-state index is -4.08. The first-order valence-electron chi connectivity index (χ1n) is 8.64. The molecule has 0 amide bonds. The molecule has 1 aromatic heterocycles.